The molecule has 2 aliphatic rings. The molecule has 1 saturated heterocycles. The summed E-state index contributed by atoms with van der Waals surface area (Å²) in [6.07, 6.45) is -1.87. The first-order valence-electron chi connectivity index (χ1n) is 6.44. The van der Waals surface area contributed by atoms with Crippen LogP contribution in [-0.4, -0.2) is 56.4 Å². The van der Waals surface area contributed by atoms with Crippen LogP contribution in [0.4, 0.5) is 11.8 Å². The minimum Gasteiger partial charge on any atom is -0.396 e. The molecular formula is C12H16N4O4S. The Hall–Kier alpha value is -1.39. The molecule has 0 aliphatic carbocycles. The Bertz CT molecular complexity index is 572. The average molecular weight is 312 g/mol. The number of nitrogen functional groups attached to an aromatic ring is 1. The van der Waals surface area contributed by atoms with Crippen LogP contribution in [0, 0.1) is 0 Å². The fourth-order valence-electron chi connectivity index (χ4n) is 2.48. The first-order chi connectivity index (χ1) is 10.0. The van der Waals surface area contributed by atoms with Crippen molar-refractivity contribution in [2.24, 2.45) is 0 Å². The second-order valence-electron chi connectivity index (χ2n) is 4.84. The number of nitrogens with zero attached hydrogens (tertiary/aromatic N) is 3. The highest BCUT2D eigenvalue weighted by molar-refractivity contribution is 8.03. The molecule has 0 saturated carbocycles. The van der Waals surface area contributed by atoms with Crippen LogP contribution < -0.4 is 10.6 Å². The van der Waals surface area contributed by atoms with Crippen LogP contribution in [0.25, 0.3) is 0 Å². The Morgan fingerprint density at radius 2 is 2.19 bits per heavy atom. The molecule has 2 aliphatic heterocycles. The van der Waals surface area contributed by atoms with Gasteiger partial charge in [-0.25, -0.2) is 4.98 Å². The quantitative estimate of drug-likeness (QED) is 0.571. The predicted octanol–water partition coefficient (Wildman–Crippen LogP) is -0.729. The van der Waals surface area contributed by atoms with Crippen LogP contribution in [0.3, 0.4) is 0 Å². The van der Waals surface area contributed by atoms with Crippen LogP contribution in [-0.2, 0) is 4.74 Å². The standard InChI is InChI=1S/C12H16N4O4S/c1-5-16(10-7(21-5)4-14-12(13)15-10)11-9(19)8(18)6(20-11)2-3-17/h4,6,8-9,11,17-19H,1-3H2,(H2,13,14,15)/t6-,8-,9-,11-/m1/s1. The third-order valence-corrected chi connectivity index (χ3v) is 4.43. The Labute approximate surface area is 125 Å². The van der Waals surface area contributed by atoms with Crippen molar-refractivity contribution in [2.75, 3.05) is 17.2 Å². The van der Waals surface area contributed by atoms with E-state index in [0.717, 1.165) is 4.90 Å². The van der Waals surface area contributed by atoms with Crippen molar-refractivity contribution in [3.63, 3.8) is 0 Å². The van der Waals surface area contributed by atoms with Crippen molar-refractivity contribution in [1.82, 2.24) is 9.97 Å². The van der Waals surface area contributed by atoms with Gasteiger partial charge in [0.25, 0.3) is 0 Å². The van der Waals surface area contributed by atoms with Crippen LogP contribution in [0.15, 0.2) is 22.7 Å². The summed E-state index contributed by atoms with van der Waals surface area (Å²) < 4.78 is 5.67. The summed E-state index contributed by atoms with van der Waals surface area (Å²) in [5, 5.41) is 29.8. The van der Waals surface area contributed by atoms with Gasteiger partial charge in [-0.15, -0.1) is 0 Å². The second kappa shape index (κ2) is 5.43. The summed E-state index contributed by atoms with van der Waals surface area (Å²) in [5.74, 6) is 0.604. The predicted molar refractivity (Wildman–Crippen MR) is 76.3 cm³/mol. The molecule has 1 aromatic heterocycles. The van der Waals surface area contributed by atoms with Gasteiger partial charge in [-0.3, -0.25) is 4.90 Å². The normalized spacial score (nSPS) is 31.8. The molecule has 0 spiro atoms. The van der Waals surface area contributed by atoms with Crippen molar-refractivity contribution in [3.05, 3.63) is 17.8 Å². The Kier molecular flexibility index (Phi) is 3.76. The SMILES string of the molecule is C=C1Sc2cnc(N)nc2N1[C@@H]1O[C@H](CCO)[C@@H](O)[C@H]1O. The van der Waals surface area contributed by atoms with E-state index in [4.69, 9.17) is 15.6 Å². The minimum atomic E-state index is -1.14. The molecule has 5 N–H and O–H groups in total. The van der Waals surface area contributed by atoms with Gasteiger partial charge in [0.05, 0.1) is 16.0 Å². The molecule has 3 heterocycles. The molecule has 9 heteroatoms. The highest BCUT2D eigenvalue weighted by Crippen LogP contribution is 2.46. The van der Waals surface area contributed by atoms with E-state index in [1.165, 1.54) is 11.8 Å². The molecule has 0 unspecified atom stereocenters. The summed E-state index contributed by atoms with van der Waals surface area (Å²) in [7, 11) is 0. The molecule has 21 heavy (non-hydrogen) atoms. The Morgan fingerprint density at radius 1 is 1.43 bits per heavy atom. The number of aromatic nitrogens is 2. The molecule has 3 rings (SSSR count). The van der Waals surface area contributed by atoms with Crippen LogP contribution in [0.2, 0.25) is 0 Å². The molecule has 0 bridgehead atoms. The number of nitrogens with two attached hydrogens (primary N) is 1. The van der Waals surface area contributed by atoms with Crippen molar-refractivity contribution in [2.45, 2.75) is 35.9 Å². The number of ether oxygens (including phenoxy) is 1. The highest BCUT2D eigenvalue weighted by Gasteiger charge is 2.48. The van der Waals surface area contributed by atoms with Crippen molar-refractivity contribution < 1.29 is 20.1 Å². The minimum absolute atomic E-state index is 0.106. The second-order valence-corrected chi connectivity index (χ2v) is 5.96. The van der Waals surface area contributed by atoms with Gasteiger partial charge in [-0.2, -0.15) is 4.98 Å². The molecule has 1 aromatic rings. The van der Waals surface area contributed by atoms with Crippen molar-refractivity contribution in [3.8, 4) is 0 Å². The van der Waals surface area contributed by atoms with E-state index >= 15 is 0 Å². The molecule has 0 amide bonds. The van der Waals surface area contributed by atoms with Crippen LogP contribution >= 0.6 is 11.8 Å². The lowest BCUT2D eigenvalue weighted by molar-refractivity contribution is -0.00202. The number of aliphatic hydroxyl groups is 3. The lowest BCUT2D eigenvalue weighted by atomic mass is 10.1. The van der Waals surface area contributed by atoms with Crippen LogP contribution in [0.1, 0.15) is 6.42 Å². The van der Waals surface area contributed by atoms with E-state index in [0.29, 0.717) is 10.8 Å². The summed E-state index contributed by atoms with van der Waals surface area (Å²) in [6, 6.07) is 0. The maximum absolute atomic E-state index is 10.2. The van der Waals surface area contributed by atoms with Crippen LogP contribution in [0.5, 0.6) is 0 Å². The molecule has 0 radical (unpaired) electrons. The molecule has 1 fully saturated rings. The maximum atomic E-state index is 10.2. The topological polar surface area (TPSA) is 125 Å². The summed E-state index contributed by atoms with van der Waals surface area (Å²) in [4.78, 5) is 10.4. The fraction of sp³-hybridized carbons (Fsp3) is 0.500. The fourth-order valence-corrected chi connectivity index (χ4v) is 3.37. The van der Waals surface area contributed by atoms with Gasteiger partial charge in [0.1, 0.15) is 12.2 Å². The molecule has 8 nitrogen and oxygen atoms in total. The van der Waals surface area contributed by atoms with E-state index in [1.807, 2.05) is 0 Å². The van der Waals surface area contributed by atoms with Gasteiger partial charge < -0.3 is 25.8 Å². The van der Waals surface area contributed by atoms with Gasteiger partial charge in [-0.05, 0) is 6.42 Å². The van der Waals surface area contributed by atoms with E-state index in [2.05, 4.69) is 16.5 Å². The molecule has 4 atom stereocenters. The van der Waals surface area contributed by atoms with Crippen molar-refractivity contribution >= 4 is 23.5 Å². The number of hydrogen-bond acceptors (Lipinski definition) is 9. The summed E-state index contributed by atoms with van der Waals surface area (Å²) >= 11 is 1.34. The van der Waals surface area contributed by atoms with Gasteiger partial charge in [0.15, 0.2) is 12.0 Å². The Morgan fingerprint density at radius 3 is 2.90 bits per heavy atom. The number of aliphatic hydroxyl groups excluding tert-OH is 3. The first-order valence-corrected chi connectivity index (χ1v) is 7.25. The van der Waals surface area contributed by atoms with Gasteiger partial charge >= 0.3 is 0 Å². The third-order valence-electron chi connectivity index (χ3n) is 3.48. The molecular weight excluding hydrogens is 296 g/mol. The monoisotopic (exact) mass is 312 g/mol. The maximum Gasteiger partial charge on any atom is 0.222 e. The first kappa shape index (κ1) is 14.5. The highest BCUT2D eigenvalue weighted by atomic mass is 32.2. The lowest BCUT2D eigenvalue weighted by Gasteiger charge is -2.27. The summed E-state index contributed by atoms with van der Waals surface area (Å²) in [5.41, 5.74) is 5.60. The van der Waals surface area contributed by atoms with Gasteiger partial charge in [-0.1, -0.05) is 18.3 Å². The zero-order valence-corrected chi connectivity index (χ0v) is 11.9. The number of fused-ring (bicyclic) bond motifs is 1. The van der Waals surface area contributed by atoms with Gasteiger partial charge in [0.2, 0.25) is 5.95 Å². The van der Waals surface area contributed by atoms with E-state index in [-0.39, 0.29) is 19.0 Å². The molecule has 0 aromatic carbocycles. The zero-order valence-electron chi connectivity index (χ0n) is 11.1. The summed E-state index contributed by atoms with van der Waals surface area (Å²) in [6.45, 7) is 3.78. The van der Waals surface area contributed by atoms with Crippen molar-refractivity contribution in [1.29, 1.82) is 0 Å². The third kappa shape index (κ3) is 2.36. The largest absolute Gasteiger partial charge is 0.396 e. The number of hydrogen-bond donors (Lipinski definition) is 4. The number of rotatable bonds is 3. The lowest BCUT2D eigenvalue weighted by Crippen LogP contribution is -2.42. The van der Waals surface area contributed by atoms with E-state index in [1.54, 1.807) is 11.1 Å². The number of anilines is 2. The Balaban J connectivity index is 1.91. The average Bonchev–Trinajstić information content (AvgIpc) is 2.90. The smallest absolute Gasteiger partial charge is 0.222 e. The molecule has 114 valence electrons. The van der Waals surface area contributed by atoms with E-state index in [9.17, 15) is 10.2 Å². The van der Waals surface area contributed by atoms with E-state index < -0.39 is 24.5 Å². The zero-order chi connectivity index (χ0) is 15.1. The van der Waals surface area contributed by atoms with Gasteiger partial charge in [0, 0.05) is 12.8 Å². The number of thioether (sulfide) groups is 1.